The summed E-state index contributed by atoms with van der Waals surface area (Å²) in [6, 6.07) is 7.99. The molecule has 0 aliphatic rings. The van der Waals surface area contributed by atoms with Crippen LogP contribution in [0.1, 0.15) is 16.1 Å². The summed E-state index contributed by atoms with van der Waals surface area (Å²) in [6.45, 7) is -0.313. The maximum atomic E-state index is 13.5. The van der Waals surface area contributed by atoms with Crippen LogP contribution in [-0.4, -0.2) is 22.6 Å². The van der Waals surface area contributed by atoms with Gasteiger partial charge < -0.3 is 10.4 Å². The first kappa shape index (κ1) is 14.6. The fourth-order valence-corrected chi connectivity index (χ4v) is 1.57. The lowest BCUT2D eigenvalue weighted by Crippen LogP contribution is -2.15. The number of carbonyl (C=O) groups excluding carboxylic acids is 1. The van der Waals surface area contributed by atoms with Crippen molar-refractivity contribution >= 4 is 11.7 Å². The van der Waals surface area contributed by atoms with Crippen molar-refractivity contribution in [3.8, 4) is 11.8 Å². The second-order valence-corrected chi connectivity index (χ2v) is 3.92. The summed E-state index contributed by atoms with van der Waals surface area (Å²) in [4.78, 5) is 15.9. The van der Waals surface area contributed by atoms with Gasteiger partial charge in [0.05, 0.1) is 5.56 Å². The Morgan fingerprint density at radius 2 is 2.00 bits per heavy atom. The average molecular weight is 288 g/mol. The molecule has 2 N–H and O–H groups in total. The van der Waals surface area contributed by atoms with E-state index < -0.39 is 23.1 Å². The number of nitrogens with one attached hydrogen (secondary N) is 1. The quantitative estimate of drug-likeness (QED) is 0.830. The lowest BCUT2D eigenvalue weighted by molar-refractivity contribution is 0.102. The molecular formula is C15H10F2N2O2. The van der Waals surface area contributed by atoms with E-state index >= 15 is 0 Å². The predicted octanol–water partition coefficient (Wildman–Crippen LogP) is 1.96. The van der Waals surface area contributed by atoms with Crippen LogP contribution in [0.3, 0.4) is 0 Å². The Morgan fingerprint density at radius 3 is 2.76 bits per heavy atom. The van der Waals surface area contributed by atoms with E-state index in [9.17, 15) is 13.6 Å². The fraction of sp³-hybridized carbons (Fsp3) is 0.0667. The van der Waals surface area contributed by atoms with Gasteiger partial charge >= 0.3 is 0 Å². The molecule has 0 atom stereocenters. The van der Waals surface area contributed by atoms with Crippen LogP contribution in [0.5, 0.6) is 0 Å². The average Bonchev–Trinajstić information content (AvgIpc) is 2.48. The Labute approximate surface area is 119 Å². The van der Waals surface area contributed by atoms with Gasteiger partial charge in [-0.1, -0.05) is 18.1 Å². The van der Waals surface area contributed by atoms with E-state index in [1.807, 2.05) is 0 Å². The van der Waals surface area contributed by atoms with E-state index in [0.717, 1.165) is 6.07 Å². The molecule has 1 aromatic heterocycles. The van der Waals surface area contributed by atoms with Crippen molar-refractivity contribution in [1.29, 1.82) is 0 Å². The van der Waals surface area contributed by atoms with Gasteiger partial charge in [0.25, 0.3) is 5.91 Å². The van der Waals surface area contributed by atoms with E-state index in [0.29, 0.717) is 5.69 Å². The van der Waals surface area contributed by atoms with Gasteiger partial charge in [0, 0.05) is 0 Å². The predicted molar refractivity (Wildman–Crippen MR) is 72.5 cm³/mol. The monoisotopic (exact) mass is 288 g/mol. The molecule has 0 bridgehead atoms. The number of aliphatic hydroxyl groups is 1. The maximum Gasteiger partial charge on any atom is 0.259 e. The fourth-order valence-electron chi connectivity index (χ4n) is 1.57. The maximum absolute atomic E-state index is 13.5. The second-order valence-electron chi connectivity index (χ2n) is 3.92. The smallest absolute Gasteiger partial charge is 0.259 e. The lowest BCUT2D eigenvalue weighted by Gasteiger charge is -2.06. The second kappa shape index (κ2) is 6.59. The summed E-state index contributed by atoms with van der Waals surface area (Å²) < 4.78 is 26.6. The number of anilines is 1. The normalized spacial score (nSPS) is 9.67. The molecule has 0 radical (unpaired) electrons. The van der Waals surface area contributed by atoms with Crippen molar-refractivity contribution in [3.63, 3.8) is 0 Å². The number of amides is 1. The van der Waals surface area contributed by atoms with Crippen LogP contribution >= 0.6 is 0 Å². The molecule has 0 unspecified atom stereocenters. The summed E-state index contributed by atoms with van der Waals surface area (Å²) >= 11 is 0. The van der Waals surface area contributed by atoms with E-state index in [1.54, 1.807) is 12.1 Å². The van der Waals surface area contributed by atoms with Crippen molar-refractivity contribution in [2.24, 2.45) is 0 Å². The van der Waals surface area contributed by atoms with Crippen LogP contribution in [0.25, 0.3) is 0 Å². The van der Waals surface area contributed by atoms with E-state index in [-0.39, 0.29) is 12.4 Å². The molecule has 0 spiro atoms. The Balaban J connectivity index is 2.22. The number of hydrogen-bond donors (Lipinski definition) is 2. The Kier molecular flexibility index (Phi) is 4.59. The number of halogens is 2. The van der Waals surface area contributed by atoms with Gasteiger partial charge in [-0.2, -0.15) is 0 Å². The van der Waals surface area contributed by atoms with Crippen LogP contribution in [0.15, 0.2) is 36.4 Å². The number of nitrogens with zero attached hydrogens (tertiary/aromatic N) is 1. The number of rotatable bonds is 2. The Hall–Kier alpha value is -2.78. The first-order valence-electron chi connectivity index (χ1n) is 5.94. The van der Waals surface area contributed by atoms with Crippen LogP contribution < -0.4 is 5.32 Å². The van der Waals surface area contributed by atoms with Gasteiger partial charge in [-0.3, -0.25) is 4.79 Å². The number of aromatic nitrogens is 1. The standard InChI is InChI=1S/C15H10F2N2O2/c16-12-7-2-6-11(14(12)17)15(21)19-13-8-1-4-10(18-13)5-3-9-20/h1-2,4,6-8,20H,9H2,(H,18,19,21). The molecule has 2 rings (SSSR count). The van der Waals surface area contributed by atoms with Crippen molar-refractivity contribution in [2.75, 3.05) is 11.9 Å². The first-order chi connectivity index (χ1) is 10.1. The van der Waals surface area contributed by atoms with Gasteiger partial charge in [-0.05, 0) is 30.2 Å². The van der Waals surface area contributed by atoms with Crippen molar-refractivity contribution in [2.45, 2.75) is 0 Å². The molecule has 0 aliphatic carbocycles. The summed E-state index contributed by atoms with van der Waals surface area (Å²) in [5, 5.41) is 11.0. The minimum absolute atomic E-state index is 0.147. The zero-order chi connectivity index (χ0) is 15.2. The molecule has 4 nitrogen and oxygen atoms in total. The molecule has 21 heavy (non-hydrogen) atoms. The van der Waals surface area contributed by atoms with Crippen molar-refractivity contribution < 1.29 is 18.7 Å². The Bertz CT molecular complexity index is 736. The van der Waals surface area contributed by atoms with Gasteiger partial charge in [0.1, 0.15) is 18.1 Å². The number of pyridine rings is 1. The van der Waals surface area contributed by atoms with Crippen molar-refractivity contribution in [1.82, 2.24) is 4.98 Å². The number of carbonyl (C=O) groups is 1. The van der Waals surface area contributed by atoms with Crippen LogP contribution in [-0.2, 0) is 0 Å². The molecule has 0 saturated carbocycles. The number of hydrogen-bond acceptors (Lipinski definition) is 3. The molecule has 1 heterocycles. The van der Waals surface area contributed by atoms with Crippen LogP contribution in [0.2, 0.25) is 0 Å². The third-order valence-corrected chi connectivity index (χ3v) is 2.48. The minimum Gasteiger partial charge on any atom is -0.384 e. The molecule has 1 amide bonds. The van der Waals surface area contributed by atoms with Gasteiger partial charge in [-0.15, -0.1) is 0 Å². The zero-order valence-corrected chi connectivity index (χ0v) is 10.7. The molecule has 0 fully saturated rings. The Morgan fingerprint density at radius 1 is 1.24 bits per heavy atom. The number of aliphatic hydroxyl groups excluding tert-OH is 1. The van der Waals surface area contributed by atoms with Crippen LogP contribution in [0, 0.1) is 23.5 Å². The number of benzene rings is 1. The molecule has 2 aromatic rings. The third kappa shape index (κ3) is 3.61. The summed E-state index contributed by atoms with van der Waals surface area (Å²) in [5.41, 5.74) is -0.0785. The third-order valence-electron chi connectivity index (χ3n) is 2.48. The van der Waals surface area contributed by atoms with Gasteiger partial charge in [0.15, 0.2) is 11.6 Å². The molecule has 0 saturated heterocycles. The molecular weight excluding hydrogens is 278 g/mol. The topological polar surface area (TPSA) is 62.2 Å². The van der Waals surface area contributed by atoms with E-state index in [2.05, 4.69) is 22.1 Å². The van der Waals surface area contributed by atoms with Crippen molar-refractivity contribution in [3.05, 3.63) is 59.3 Å². The molecule has 6 heteroatoms. The van der Waals surface area contributed by atoms with Gasteiger partial charge in [0.2, 0.25) is 0 Å². The lowest BCUT2D eigenvalue weighted by atomic mass is 10.2. The summed E-state index contributed by atoms with van der Waals surface area (Å²) in [6.07, 6.45) is 0. The highest BCUT2D eigenvalue weighted by molar-refractivity contribution is 6.03. The van der Waals surface area contributed by atoms with E-state index in [4.69, 9.17) is 5.11 Å². The van der Waals surface area contributed by atoms with Crippen LogP contribution in [0.4, 0.5) is 14.6 Å². The highest BCUT2D eigenvalue weighted by Gasteiger charge is 2.15. The summed E-state index contributed by atoms with van der Waals surface area (Å²) in [5.74, 6) is 2.00. The molecule has 1 aromatic carbocycles. The van der Waals surface area contributed by atoms with Gasteiger partial charge in [-0.25, -0.2) is 13.8 Å². The molecule has 0 aliphatic heterocycles. The van der Waals surface area contributed by atoms with E-state index in [1.165, 1.54) is 18.2 Å². The first-order valence-corrected chi connectivity index (χ1v) is 5.94. The SMILES string of the molecule is O=C(Nc1cccc(C#CCO)n1)c1cccc(F)c1F. The molecule has 106 valence electrons. The highest BCUT2D eigenvalue weighted by Crippen LogP contribution is 2.13. The zero-order valence-electron chi connectivity index (χ0n) is 10.7. The highest BCUT2D eigenvalue weighted by atomic mass is 19.2. The minimum atomic E-state index is -1.22. The largest absolute Gasteiger partial charge is 0.384 e. The summed E-state index contributed by atoms with van der Waals surface area (Å²) in [7, 11) is 0.